The van der Waals surface area contributed by atoms with E-state index >= 15 is 0 Å². The molecule has 1 atom stereocenters. The number of hydrogen-bond acceptors (Lipinski definition) is 2. The van der Waals surface area contributed by atoms with E-state index in [2.05, 4.69) is 36.6 Å². The molecule has 1 rings (SSSR count). The van der Waals surface area contributed by atoms with Crippen LogP contribution >= 0.6 is 43.5 Å². The Morgan fingerprint density at radius 1 is 1.32 bits per heavy atom. The van der Waals surface area contributed by atoms with Crippen LogP contribution in [0.5, 0.6) is 0 Å². The van der Waals surface area contributed by atoms with E-state index in [1.54, 1.807) is 12.1 Å². The van der Waals surface area contributed by atoms with E-state index in [4.69, 9.17) is 11.6 Å². The molecule has 0 saturated heterocycles. The maximum Gasteiger partial charge on any atom is 0.241 e. The Kier molecular flexibility index (Phi) is 6.79. The van der Waals surface area contributed by atoms with E-state index in [9.17, 15) is 8.42 Å². The highest BCUT2D eigenvalue weighted by Crippen LogP contribution is 2.29. The lowest BCUT2D eigenvalue weighted by Gasteiger charge is -2.17. The number of rotatable bonds is 6. The molecule has 0 aromatic heterocycles. The molecule has 3 nitrogen and oxygen atoms in total. The molecule has 0 fully saturated rings. The van der Waals surface area contributed by atoms with E-state index in [0.29, 0.717) is 23.2 Å². The topological polar surface area (TPSA) is 46.2 Å². The lowest BCUT2D eigenvalue weighted by molar-refractivity contribution is 0.531. The van der Waals surface area contributed by atoms with Gasteiger partial charge in [-0.15, -0.1) is 11.6 Å². The van der Waals surface area contributed by atoms with Gasteiger partial charge in [0.2, 0.25) is 10.0 Å². The average molecular weight is 434 g/mol. The van der Waals surface area contributed by atoms with Gasteiger partial charge in [-0.1, -0.05) is 22.9 Å². The van der Waals surface area contributed by atoms with Gasteiger partial charge in [-0.3, -0.25) is 0 Å². The van der Waals surface area contributed by atoms with E-state index in [-0.39, 0.29) is 10.9 Å². The third-order valence-corrected chi connectivity index (χ3v) is 6.33. The Balaban J connectivity index is 3.10. The van der Waals surface area contributed by atoms with Gasteiger partial charge in [-0.2, -0.15) is 0 Å². The first kappa shape index (κ1) is 17.4. The van der Waals surface area contributed by atoms with Crippen LogP contribution in [0, 0.1) is 6.92 Å². The minimum Gasteiger partial charge on any atom is -0.208 e. The molecule has 0 spiro atoms. The molecule has 0 aliphatic heterocycles. The van der Waals surface area contributed by atoms with E-state index < -0.39 is 10.0 Å². The molecule has 1 N–H and O–H groups in total. The van der Waals surface area contributed by atoms with E-state index in [1.807, 2.05) is 13.8 Å². The Bertz CT molecular complexity index is 549. The molecule has 0 heterocycles. The molecule has 0 saturated carbocycles. The van der Waals surface area contributed by atoms with Gasteiger partial charge >= 0.3 is 0 Å². The molecular weight excluding hydrogens is 417 g/mol. The Labute approximate surface area is 136 Å². The highest BCUT2D eigenvalue weighted by Gasteiger charge is 2.22. The molecular formula is C12H16Br2ClNO2S. The Morgan fingerprint density at radius 2 is 1.95 bits per heavy atom. The van der Waals surface area contributed by atoms with Gasteiger partial charge in [0.05, 0.1) is 4.90 Å². The molecule has 0 aliphatic carbocycles. The summed E-state index contributed by atoms with van der Waals surface area (Å²) in [4.78, 5) is 0.234. The molecule has 108 valence electrons. The van der Waals surface area contributed by atoms with Crippen LogP contribution in [0.4, 0.5) is 0 Å². The van der Waals surface area contributed by atoms with Crippen molar-refractivity contribution in [2.75, 3.05) is 5.88 Å². The average Bonchev–Trinajstić information content (AvgIpc) is 2.32. The molecule has 0 amide bonds. The van der Waals surface area contributed by atoms with Crippen LogP contribution in [0.25, 0.3) is 0 Å². The number of nitrogens with one attached hydrogen (secondary N) is 1. The lowest BCUT2D eigenvalue weighted by atomic mass is 10.2. The number of hydrogen-bond donors (Lipinski definition) is 1. The van der Waals surface area contributed by atoms with Crippen molar-refractivity contribution < 1.29 is 8.42 Å². The van der Waals surface area contributed by atoms with Crippen LogP contribution in [0.2, 0.25) is 0 Å². The molecule has 0 radical (unpaired) electrons. The molecule has 1 aromatic rings. The number of alkyl halides is 1. The zero-order chi connectivity index (χ0) is 14.6. The zero-order valence-corrected chi connectivity index (χ0v) is 15.5. The van der Waals surface area contributed by atoms with Gasteiger partial charge in [0.1, 0.15) is 0 Å². The smallest absolute Gasteiger partial charge is 0.208 e. The van der Waals surface area contributed by atoms with Crippen molar-refractivity contribution in [3.8, 4) is 0 Å². The molecule has 0 aliphatic rings. The van der Waals surface area contributed by atoms with Crippen molar-refractivity contribution in [3.05, 3.63) is 26.6 Å². The van der Waals surface area contributed by atoms with Crippen LogP contribution in [0.15, 0.2) is 26.0 Å². The molecule has 1 aromatic carbocycles. The van der Waals surface area contributed by atoms with Gasteiger partial charge in [-0.05, 0) is 53.4 Å². The molecule has 7 heteroatoms. The number of sulfonamides is 1. The van der Waals surface area contributed by atoms with Crippen LogP contribution in [-0.2, 0) is 10.0 Å². The minimum absolute atomic E-state index is 0.144. The summed E-state index contributed by atoms with van der Waals surface area (Å²) in [5.74, 6) is 0.430. The summed E-state index contributed by atoms with van der Waals surface area (Å²) >= 11 is 12.3. The second kappa shape index (κ2) is 7.41. The summed E-state index contributed by atoms with van der Waals surface area (Å²) < 4.78 is 28.7. The predicted molar refractivity (Wildman–Crippen MR) is 86.3 cm³/mol. The maximum atomic E-state index is 12.4. The monoisotopic (exact) mass is 431 g/mol. The van der Waals surface area contributed by atoms with Crippen molar-refractivity contribution >= 4 is 53.5 Å². The fourth-order valence-corrected chi connectivity index (χ4v) is 4.89. The summed E-state index contributed by atoms with van der Waals surface area (Å²) in [5, 5.41) is 0. The fraction of sp³-hybridized carbons (Fsp3) is 0.500. The first-order valence-corrected chi connectivity index (χ1v) is 9.46. The van der Waals surface area contributed by atoms with Crippen LogP contribution in [0.1, 0.15) is 25.3 Å². The van der Waals surface area contributed by atoms with Gasteiger partial charge in [0.15, 0.2) is 0 Å². The quantitative estimate of drug-likeness (QED) is 0.684. The highest BCUT2D eigenvalue weighted by atomic mass is 79.9. The Morgan fingerprint density at radius 3 is 2.47 bits per heavy atom. The van der Waals surface area contributed by atoms with Gasteiger partial charge in [-0.25, -0.2) is 13.1 Å². The third-order valence-electron chi connectivity index (χ3n) is 2.77. The first-order valence-electron chi connectivity index (χ1n) is 5.85. The molecule has 1 unspecified atom stereocenters. The second-order valence-corrected chi connectivity index (χ2v) is 8.00. The summed E-state index contributed by atoms with van der Waals surface area (Å²) in [6.07, 6.45) is 1.32. The van der Waals surface area contributed by atoms with Crippen molar-refractivity contribution in [2.45, 2.75) is 37.6 Å². The number of halogens is 3. The normalized spacial score (nSPS) is 13.5. The summed E-state index contributed by atoms with van der Waals surface area (Å²) in [5.41, 5.74) is 0.971. The summed E-state index contributed by atoms with van der Waals surface area (Å²) in [6, 6.07) is 3.24. The number of aryl methyl sites for hydroxylation is 1. The standard InChI is InChI=1S/C12H16Br2ClNO2S/c1-3-9(4-5-15)16-19(17,18)12-7-10(13)8(2)6-11(12)14/h6-7,9,16H,3-5H2,1-2H3. The SMILES string of the molecule is CCC(CCCl)NS(=O)(=O)c1cc(Br)c(C)cc1Br. The Hall–Kier alpha value is 0.380. The van der Waals surface area contributed by atoms with E-state index in [0.717, 1.165) is 10.0 Å². The number of benzene rings is 1. The van der Waals surface area contributed by atoms with Crippen LogP contribution in [-0.4, -0.2) is 20.3 Å². The van der Waals surface area contributed by atoms with Crippen molar-refractivity contribution in [3.63, 3.8) is 0 Å². The zero-order valence-electron chi connectivity index (χ0n) is 10.7. The second-order valence-electron chi connectivity index (χ2n) is 4.24. The van der Waals surface area contributed by atoms with Crippen LogP contribution < -0.4 is 4.72 Å². The summed E-state index contributed by atoms with van der Waals surface area (Å²) in [6.45, 7) is 3.83. The largest absolute Gasteiger partial charge is 0.241 e. The third kappa shape index (κ3) is 4.70. The first-order chi connectivity index (χ1) is 8.81. The van der Waals surface area contributed by atoms with Crippen molar-refractivity contribution in [1.82, 2.24) is 4.72 Å². The maximum absolute atomic E-state index is 12.4. The van der Waals surface area contributed by atoms with Crippen LogP contribution in [0.3, 0.4) is 0 Å². The predicted octanol–water partition coefficient (Wildman–Crippen LogP) is 4.21. The van der Waals surface area contributed by atoms with Crippen molar-refractivity contribution in [1.29, 1.82) is 0 Å². The lowest BCUT2D eigenvalue weighted by Crippen LogP contribution is -2.34. The molecule has 19 heavy (non-hydrogen) atoms. The van der Waals surface area contributed by atoms with Gasteiger partial charge in [0, 0.05) is 20.9 Å². The van der Waals surface area contributed by atoms with Crippen molar-refractivity contribution in [2.24, 2.45) is 0 Å². The van der Waals surface area contributed by atoms with Gasteiger partial charge < -0.3 is 0 Å². The highest BCUT2D eigenvalue weighted by molar-refractivity contribution is 9.11. The minimum atomic E-state index is -3.55. The van der Waals surface area contributed by atoms with E-state index in [1.165, 1.54) is 0 Å². The molecule has 0 bridgehead atoms. The van der Waals surface area contributed by atoms with Gasteiger partial charge in [0.25, 0.3) is 0 Å². The summed E-state index contributed by atoms with van der Waals surface area (Å²) in [7, 11) is -3.55. The fourth-order valence-electron chi connectivity index (χ4n) is 1.59.